The van der Waals surface area contributed by atoms with E-state index >= 15 is 0 Å². The molecule has 2 aliphatic rings. The van der Waals surface area contributed by atoms with Crippen molar-refractivity contribution in [3.05, 3.63) is 49.6 Å². The monoisotopic (exact) mass is 514 g/mol. The lowest BCUT2D eigenvalue weighted by Gasteiger charge is -2.27. The van der Waals surface area contributed by atoms with Gasteiger partial charge in [0.1, 0.15) is 11.5 Å². The van der Waals surface area contributed by atoms with Crippen molar-refractivity contribution in [1.82, 2.24) is 0 Å². The zero-order chi connectivity index (χ0) is 26.6. The molecule has 0 heterocycles. The Hall–Kier alpha value is -3.46. The molecule has 2 fully saturated rings. The van der Waals surface area contributed by atoms with E-state index < -0.39 is 11.9 Å². The summed E-state index contributed by atoms with van der Waals surface area (Å²) in [6.45, 7) is 6.92. The molecule has 9 nitrogen and oxygen atoms in total. The van der Waals surface area contributed by atoms with Crippen LogP contribution in [0.2, 0.25) is 0 Å². The quantitative estimate of drug-likeness (QED) is 0.185. The first-order valence-electron chi connectivity index (χ1n) is 12.6. The van der Waals surface area contributed by atoms with Gasteiger partial charge in [0.25, 0.3) is 0 Å². The summed E-state index contributed by atoms with van der Waals surface area (Å²) in [7, 11) is 0. The van der Waals surface area contributed by atoms with E-state index in [0.29, 0.717) is 56.6 Å². The molecule has 0 atom stereocenters. The molecular weight excluding hydrogens is 480 g/mol. The highest BCUT2D eigenvalue weighted by Crippen LogP contribution is 2.31. The minimum Gasteiger partial charge on any atom is -0.462 e. The molecule has 37 heavy (non-hydrogen) atoms. The van der Waals surface area contributed by atoms with Crippen molar-refractivity contribution >= 4 is 23.9 Å². The molecule has 0 saturated heterocycles. The van der Waals surface area contributed by atoms with Gasteiger partial charge in [-0.15, -0.1) is 0 Å². The molecule has 0 radical (unpaired) electrons. The minimum atomic E-state index is -0.536. The molecule has 0 aromatic heterocycles. The molecular formula is C28H34O9. The second-order valence-corrected chi connectivity index (χ2v) is 9.29. The number of carbonyl (C=O) groups excluding carboxylic acids is 4. The van der Waals surface area contributed by atoms with Gasteiger partial charge in [-0.1, -0.05) is 13.2 Å². The summed E-state index contributed by atoms with van der Waals surface area (Å²) in [5, 5.41) is 0. The van der Waals surface area contributed by atoms with Gasteiger partial charge in [0, 0.05) is 12.2 Å². The van der Waals surface area contributed by atoms with Crippen molar-refractivity contribution in [2.24, 2.45) is 17.8 Å². The Kier molecular flexibility index (Phi) is 10.9. The number of benzene rings is 1. The third-order valence-electron chi connectivity index (χ3n) is 6.75. The molecule has 0 unspecified atom stereocenters. The Morgan fingerprint density at radius 1 is 0.703 bits per heavy atom. The maximum Gasteiger partial charge on any atom is 0.332 e. The topological polar surface area (TPSA) is 114 Å². The number of carbonyl (C=O) groups is 4. The molecule has 2 saturated carbocycles. The fourth-order valence-corrected chi connectivity index (χ4v) is 4.51. The van der Waals surface area contributed by atoms with Crippen molar-refractivity contribution in [2.45, 2.75) is 57.5 Å². The average molecular weight is 515 g/mol. The molecule has 1 aromatic rings. The fraction of sp³-hybridized carbons (Fsp3) is 0.500. The summed E-state index contributed by atoms with van der Waals surface area (Å²) in [5.74, 6) is -0.978. The lowest BCUT2D eigenvalue weighted by atomic mass is 9.82. The van der Waals surface area contributed by atoms with Crippen molar-refractivity contribution < 1.29 is 42.9 Å². The first-order valence-corrected chi connectivity index (χ1v) is 12.6. The van der Waals surface area contributed by atoms with E-state index in [2.05, 4.69) is 13.2 Å². The third kappa shape index (κ3) is 9.17. The van der Waals surface area contributed by atoms with Gasteiger partial charge in [-0.05, 0) is 81.5 Å². The van der Waals surface area contributed by atoms with Gasteiger partial charge >= 0.3 is 23.9 Å². The molecule has 200 valence electrons. The van der Waals surface area contributed by atoms with Gasteiger partial charge in [-0.3, -0.25) is 9.59 Å². The zero-order valence-corrected chi connectivity index (χ0v) is 20.9. The number of hydrogen-bond donors (Lipinski definition) is 0. The van der Waals surface area contributed by atoms with Crippen LogP contribution in [0.3, 0.4) is 0 Å². The van der Waals surface area contributed by atoms with Crippen molar-refractivity contribution in [3.8, 4) is 11.5 Å². The highest BCUT2D eigenvalue weighted by molar-refractivity contribution is 5.81. The predicted molar refractivity (Wildman–Crippen MR) is 132 cm³/mol. The number of rotatable bonds is 11. The van der Waals surface area contributed by atoms with Gasteiger partial charge in [0.15, 0.2) is 6.79 Å². The molecule has 9 heteroatoms. The zero-order valence-electron chi connectivity index (χ0n) is 20.9. The lowest BCUT2D eigenvalue weighted by Crippen LogP contribution is -2.29. The van der Waals surface area contributed by atoms with E-state index in [1.165, 1.54) is 0 Å². The second kappa shape index (κ2) is 14.3. The third-order valence-corrected chi connectivity index (χ3v) is 6.75. The maximum absolute atomic E-state index is 12.6. The molecule has 3 rings (SSSR count). The van der Waals surface area contributed by atoms with E-state index in [9.17, 15) is 19.2 Å². The Bertz CT molecular complexity index is 952. The summed E-state index contributed by atoms with van der Waals surface area (Å²) in [6, 6.07) is 6.43. The number of hydrogen-bond acceptors (Lipinski definition) is 9. The van der Waals surface area contributed by atoms with Crippen LogP contribution < -0.4 is 9.47 Å². The smallest absolute Gasteiger partial charge is 0.332 e. The molecule has 0 aliphatic heterocycles. The first-order chi connectivity index (χ1) is 17.9. The first kappa shape index (κ1) is 28.1. The Labute approximate surface area is 216 Å². The fourth-order valence-electron chi connectivity index (χ4n) is 4.51. The van der Waals surface area contributed by atoms with E-state index in [0.717, 1.165) is 25.0 Å². The van der Waals surface area contributed by atoms with Crippen LogP contribution in [-0.2, 0) is 33.4 Å². The van der Waals surface area contributed by atoms with E-state index in [1.807, 2.05) is 0 Å². The van der Waals surface area contributed by atoms with Crippen molar-refractivity contribution in [1.29, 1.82) is 0 Å². The summed E-state index contributed by atoms with van der Waals surface area (Å²) in [5.41, 5.74) is 0. The van der Waals surface area contributed by atoms with Crippen LogP contribution in [-0.4, -0.2) is 43.4 Å². The normalized spacial score (nSPS) is 23.2. The van der Waals surface area contributed by atoms with E-state index in [-0.39, 0.29) is 42.6 Å². The Balaban J connectivity index is 1.36. The maximum atomic E-state index is 12.6. The standard InChI is InChI=1S/C28H34O9/c1-3-25(29)33-17-19-5-7-20(8-6-19)27(31)36-23-13-15-24(16-14-23)37-28(32)21-9-11-22(12-10-21)34-18-35-26(30)4-2/h3-4,13-16,19-22H,1-2,5-12,17-18H2. The van der Waals surface area contributed by atoms with Gasteiger partial charge < -0.3 is 23.7 Å². The van der Waals surface area contributed by atoms with Gasteiger partial charge in [0.05, 0.1) is 24.5 Å². The van der Waals surface area contributed by atoms with Crippen LogP contribution in [0.4, 0.5) is 0 Å². The highest BCUT2D eigenvalue weighted by atomic mass is 16.7. The van der Waals surface area contributed by atoms with E-state index in [1.54, 1.807) is 24.3 Å². The average Bonchev–Trinajstić information content (AvgIpc) is 2.93. The minimum absolute atomic E-state index is 0.0690. The van der Waals surface area contributed by atoms with Crippen LogP contribution in [0.5, 0.6) is 11.5 Å². The van der Waals surface area contributed by atoms with Crippen molar-refractivity contribution in [3.63, 3.8) is 0 Å². The lowest BCUT2D eigenvalue weighted by molar-refractivity contribution is -0.157. The van der Waals surface area contributed by atoms with Gasteiger partial charge in [0.2, 0.25) is 0 Å². The SMILES string of the molecule is C=CC(=O)OCOC1CCC(C(=O)Oc2ccc(OC(=O)C3CCC(COC(=O)C=C)CC3)cc2)CC1. The summed E-state index contributed by atoms with van der Waals surface area (Å²) in [6.07, 6.45) is 7.66. The molecule has 0 N–H and O–H groups in total. The summed E-state index contributed by atoms with van der Waals surface area (Å²) in [4.78, 5) is 47.4. The van der Waals surface area contributed by atoms with E-state index in [4.69, 9.17) is 23.7 Å². The van der Waals surface area contributed by atoms with Crippen molar-refractivity contribution in [2.75, 3.05) is 13.4 Å². The van der Waals surface area contributed by atoms with Crippen LogP contribution in [0.25, 0.3) is 0 Å². The molecule has 1 aromatic carbocycles. The Morgan fingerprint density at radius 3 is 1.65 bits per heavy atom. The summed E-state index contributed by atoms with van der Waals surface area (Å²) < 4.78 is 26.5. The molecule has 0 bridgehead atoms. The van der Waals surface area contributed by atoms with Crippen LogP contribution in [0.15, 0.2) is 49.6 Å². The largest absolute Gasteiger partial charge is 0.462 e. The number of esters is 4. The van der Waals surface area contributed by atoms with Crippen LogP contribution >= 0.6 is 0 Å². The Morgan fingerprint density at radius 2 is 1.16 bits per heavy atom. The number of ether oxygens (including phenoxy) is 5. The summed E-state index contributed by atoms with van der Waals surface area (Å²) >= 11 is 0. The molecule has 0 spiro atoms. The van der Waals surface area contributed by atoms with Crippen LogP contribution in [0, 0.1) is 17.8 Å². The van der Waals surface area contributed by atoms with Crippen LogP contribution in [0.1, 0.15) is 51.4 Å². The highest BCUT2D eigenvalue weighted by Gasteiger charge is 2.29. The van der Waals surface area contributed by atoms with Gasteiger partial charge in [-0.2, -0.15) is 0 Å². The predicted octanol–water partition coefficient (Wildman–Crippen LogP) is 4.30. The van der Waals surface area contributed by atoms with Gasteiger partial charge in [-0.25, -0.2) is 9.59 Å². The molecule has 0 amide bonds. The molecule has 2 aliphatic carbocycles. The second-order valence-electron chi connectivity index (χ2n) is 9.29.